The second kappa shape index (κ2) is 9.13. The van der Waals surface area contributed by atoms with Crippen molar-refractivity contribution in [2.45, 2.75) is 37.3 Å². The number of hydrogen-bond acceptors (Lipinski definition) is 4. The molecule has 2 aliphatic rings. The third-order valence-corrected chi connectivity index (χ3v) is 7.05. The summed E-state index contributed by atoms with van der Waals surface area (Å²) in [5, 5.41) is 3.11. The molecule has 0 radical (unpaired) electrons. The van der Waals surface area contributed by atoms with Gasteiger partial charge in [0, 0.05) is 31.3 Å². The topological polar surface area (TPSA) is 70.0 Å². The summed E-state index contributed by atoms with van der Waals surface area (Å²) in [7, 11) is 1.92. The number of benzene rings is 1. The molecule has 0 saturated carbocycles. The number of halogens is 2. The van der Waals surface area contributed by atoms with E-state index in [-0.39, 0.29) is 30.3 Å². The fourth-order valence-corrected chi connectivity index (χ4v) is 5.29. The molecule has 0 aliphatic carbocycles. The average Bonchev–Trinajstić information content (AvgIpc) is 3.46. The van der Waals surface area contributed by atoms with Crippen LogP contribution >= 0.6 is 0 Å². The van der Waals surface area contributed by atoms with E-state index < -0.39 is 17.7 Å². The van der Waals surface area contributed by atoms with E-state index in [2.05, 4.69) is 10.3 Å². The molecule has 0 unspecified atom stereocenters. The van der Waals surface area contributed by atoms with Gasteiger partial charge >= 0.3 is 0 Å². The Labute approximate surface area is 196 Å². The number of nitrogens with one attached hydrogen (secondary N) is 1. The average molecular weight is 468 g/mol. The quantitative estimate of drug-likeness (QED) is 0.641. The van der Waals surface area contributed by atoms with E-state index in [0.29, 0.717) is 29.6 Å². The van der Waals surface area contributed by atoms with Crippen LogP contribution in [0.4, 0.5) is 8.78 Å². The van der Waals surface area contributed by atoms with E-state index in [4.69, 9.17) is 0 Å². The van der Waals surface area contributed by atoms with E-state index in [1.165, 1.54) is 12.1 Å². The van der Waals surface area contributed by atoms with Gasteiger partial charge in [0.15, 0.2) is 0 Å². The summed E-state index contributed by atoms with van der Waals surface area (Å²) >= 11 is 0. The number of imidazole rings is 1. The Hall–Kier alpha value is -3.33. The van der Waals surface area contributed by atoms with Crippen LogP contribution in [0.15, 0.2) is 49.1 Å². The first kappa shape index (κ1) is 22.5. The number of fused-ring (bicyclic) bond motifs is 1. The summed E-state index contributed by atoms with van der Waals surface area (Å²) in [6.45, 7) is 1.51. The lowest BCUT2D eigenvalue weighted by Gasteiger charge is -2.40. The number of hydrogen-bond donors (Lipinski definition) is 1. The Morgan fingerprint density at radius 3 is 2.65 bits per heavy atom. The minimum atomic E-state index is -0.651. The third-order valence-electron chi connectivity index (χ3n) is 7.05. The summed E-state index contributed by atoms with van der Waals surface area (Å²) in [4.78, 5) is 34.4. The summed E-state index contributed by atoms with van der Waals surface area (Å²) in [5.74, 6) is -1.88. The molecule has 2 aromatic heterocycles. The normalized spacial score (nSPS) is 23.4. The van der Waals surface area contributed by atoms with Gasteiger partial charge in [0.05, 0.1) is 35.7 Å². The van der Waals surface area contributed by atoms with Gasteiger partial charge in [0.25, 0.3) is 5.91 Å². The molecule has 9 heteroatoms. The molecule has 2 aliphatic heterocycles. The van der Waals surface area contributed by atoms with Crippen molar-refractivity contribution in [3.63, 3.8) is 0 Å². The number of aromatic nitrogens is 2. The number of piperidine rings is 1. The van der Waals surface area contributed by atoms with Crippen LogP contribution < -0.4 is 5.32 Å². The number of carbonyl (C=O) groups is 2. The van der Waals surface area contributed by atoms with Gasteiger partial charge in [-0.25, -0.2) is 13.8 Å². The van der Waals surface area contributed by atoms with Crippen molar-refractivity contribution in [1.82, 2.24) is 24.5 Å². The molecule has 3 atom stereocenters. The Morgan fingerprint density at radius 1 is 1.12 bits per heavy atom. The standard InChI is InChI=1S/C25H27F2N5O2/c1-30-7-3-5-22(30)24(33)29-21-14-31(9-6-19(21)16-10-17(26)12-18(27)11-16)25(34)20-4-2-8-32-15-28-13-23(20)32/h2,4,8,10-13,15,19,21-22H,3,5-7,9,14H2,1H3,(H,29,33)/t19-,21+,22+/m0/s1. The van der Waals surface area contributed by atoms with Gasteiger partial charge in [-0.1, -0.05) is 0 Å². The highest BCUT2D eigenvalue weighted by atomic mass is 19.1. The molecule has 5 rings (SSSR count). The monoisotopic (exact) mass is 467 g/mol. The molecule has 0 spiro atoms. The maximum atomic E-state index is 14.0. The predicted octanol–water partition coefficient (Wildman–Crippen LogP) is 2.82. The lowest BCUT2D eigenvalue weighted by molar-refractivity contribution is -0.126. The summed E-state index contributed by atoms with van der Waals surface area (Å²) in [6, 6.07) is 6.32. The number of likely N-dealkylation sites (tertiary alicyclic amines) is 2. The highest BCUT2D eigenvalue weighted by Gasteiger charge is 2.37. The van der Waals surface area contributed by atoms with E-state index in [1.54, 1.807) is 34.0 Å². The van der Waals surface area contributed by atoms with Crippen LogP contribution in [0.1, 0.15) is 41.1 Å². The second-order valence-corrected chi connectivity index (χ2v) is 9.21. The third kappa shape index (κ3) is 4.27. The largest absolute Gasteiger partial charge is 0.350 e. The summed E-state index contributed by atoms with van der Waals surface area (Å²) in [5.41, 5.74) is 1.72. The fourth-order valence-electron chi connectivity index (χ4n) is 5.29. The molecule has 1 aromatic carbocycles. The fraction of sp³-hybridized carbons (Fsp3) is 0.400. The van der Waals surface area contributed by atoms with E-state index in [0.717, 1.165) is 25.5 Å². The maximum Gasteiger partial charge on any atom is 0.256 e. The highest BCUT2D eigenvalue weighted by molar-refractivity contribution is 6.00. The van der Waals surface area contributed by atoms with Crippen LogP contribution in [0.3, 0.4) is 0 Å². The Balaban J connectivity index is 1.42. The molecule has 7 nitrogen and oxygen atoms in total. The Bertz CT molecular complexity index is 1210. The first-order valence-corrected chi connectivity index (χ1v) is 11.6. The summed E-state index contributed by atoms with van der Waals surface area (Å²) in [6.07, 6.45) is 7.29. The van der Waals surface area contributed by atoms with Gasteiger partial charge in [-0.05, 0) is 62.7 Å². The maximum absolute atomic E-state index is 14.0. The van der Waals surface area contributed by atoms with Gasteiger partial charge in [-0.3, -0.25) is 14.5 Å². The van der Waals surface area contributed by atoms with Crippen LogP contribution in [-0.4, -0.2) is 69.8 Å². The second-order valence-electron chi connectivity index (χ2n) is 9.21. The van der Waals surface area contributed by atoms with Crippen molar-refractivity contribution >= 4 is 17.3 Å². The van der Waals surface area contributed by atoms with Gasteiger partial charge in [0.2, 0.25) is 5.91 Å². The van der Waals surface area contributed by atoms with Crippen LogP contribution in [0.2, 0.25) is 0 Å². The van der Waals surface area contributed by atoms with E-state index in [9.17, 15) is 18.4 Å². The first-order valence-electron chi connectivity index (χ1n) is 11.6. The lowest BCUT2D eigenvalue weighted by atomic mass is 9.84. The van der Waals surface area contributed by atoms with Crippen molar-refractivity contribution in [2.75, 3.05) is 26.7 Å². The zero-order chi connectivity index (χ0) is 23.8. The molecule has 2 amide bonds. The number of nitrogens with zero attached hydrogens (tertiary/aromatic N) is 4. The van der Waals surface area contributed by atoms with Crippen molar-refractivity contribution in [1.29, 1.82) is 0 Å². The van der Waals surface area contributed by atoms with E-state index >= 15 is 0 Å². The number of pyridine rings is 1. The molecule has 2 fully saturated rings. The SMILES string of the molecule is CN1CCC[C@@H]1C(=O)N[C@@H]1CN(C(=O)c2cccn3cncc23)CC[C@H]1c1cc(F)cc(F)c1. The number of rotatable bonds is 4. The molecular formula is C25H27F2N5O2. The van der Waals surface area contributed by atoms with Crippen molar-refractivity contribution in [3.8, 4) is 0 Å². The minimum Gasteiger partial charge on any atom is -0.350 e. The van der Waals surface area contributed by atoms with Crippen molar-refractivity contribution in [3.05, 3.63) is 71.8 Å². The first-order chi connectivity index (χ1) is 16.4. The number of likely N-dealkylation sites (N-methyl/N-ethyl adjacent to an activating group) is 1. The Kier molecular flexibility index (Phi) is 6.03. The minimum absolute atomic E-state index is 0.112. The van der Waals surface area contributed by atoms with E-state index in [1.807, 2.05) is 18.1 Å². The van der Waals surface area contributed by atoms with Crippen LogP contribution in [0.25, 0.3) is 5.52 Å². The molecule has 4 heterocycles. The molecule has 0 bridgehead atoms. The van der Waals surface area contributed by atoms with Crippen molar-refractivity contribution < 1.29 is 18.4 Å². The zero-order valence-corrected chi connectivity index (χ0v) is 19.0. The lowest BCUT2D eigenvalue weighted by Crippen LogP contribution is -2.56. The van der Waals surface area contributed by atoms with Gasteiger partial charge in [-0.2, -0.15) is 0 Å². The highest BCUT2D eigenvalue weighted by Crippen LogP contribution is 2.31. The molecule has 1 N–H and O–H groups in total. The summed E-state index contributed by atoms with van der Waals surface area (Å²) < 4.78 is 29.8. The Morgan fingerprint density at radius 2 is 1.91 bits per heavy atom. The smallest absolute Gasteiger partial charge is 0.256 e. The predicted molar refractivity (Wildman–Crippen MR) is 122 cm³/mol. The van der Waals surface area contributed by atoms with Gasteiger partial charge in [0.1, 0.15) is 11.6 Å². The zero-order valence-electron chi connectivity index (χ0n) is 19.0. The number of amides is 2. The van der Waals surface area contributed by atoms with Crippen LogP contribution in [0.5, 0.6) is 0 Å². The van der Waals surface area contributed by atoms with Gasteiger partial charge in [-0.15, -0.1) is 0 Å². The van der Waals surface area contributed by atoms with Gasteiger partial charge < -0.3 is 14.6 Å². The molecule has 178 valence electrons. The van der Waals surface area contributed by atoms with Crippen molar-refractivity contribution in [2.24, 2.45) is 0 Å². The molecule has 2 saturated heterocycles. The van der Waals surface area contributed by atoms with Crippen LogP contribution in [-0.2, 0) is 4.79 Å². The van der Waals surface area contributed by atoms with Crippen LogP contribution in [0, 0.1) is 11.6 Å². The number of carbonyl (C=O) groups excluding carboxylic acids is 2. The molecular weight excluding hydrogens is 440 g/mol. The molecule has 3 aromatic rings. The molecule has 34 heavy (non-hydrogen) atoms.